The van der Waals surface area contributed by atoms with Crippen LogP contribution in [0.1, 0.15) is 127 Å². The molecule has 14 atom stereocenters. The van der Waals surface area contributed by atoms with Crippen molar-refractivity contribution < 1.29 is 57.5 Å². The molecule has 0 radical (unpaired) electrons. The molecule has 5 fully saturated rings. The van der Waals surface area contributed by atoms with Crippen LogP contribution in [0.25, 0.3) is 0 Å². The van der Waals surface area contributed by atoms with Crippen molar-refractivity contribution in [3.63, 3.8) is 0 Å². The highest BCUT2D eigenvalue weighted by Crippen LogP contribution is 2.75. The first kappa shape index (κ1) is 41.8. The lowest BCUT2D eigenvalue weighted by atomic mass is 9.33. The Labute approximate surface area is 326 Å². The van der Waals surface area contributed by atoms with Gasteiger partial charge in [0.1, 0.15) is 18.8 Å². The summed E-state index contributed by atoms with van der Waals surface area (Å²) in [6, 6.07) is 0. The molecule has 4 unspecified atom stereocenters. The van der Waals surface area contributed by atoms with Crippen LogP contribution in [0.5, 0.6) is 0 Å². The van der Waals surface area contributed by atoms with Crippen molar-refractivity contribution in [2.45, 2.75) is 164 Å². The number of methoxy groups -OCH3 is 1. The van der Waals surface area contributed by atoms with Gasteiger partial charge in [0.2, 0.25) is 0 Å². The SMILES string of the molecule is COC(=O)[C@@]1(C)CC[C@]2(C)CC[C@]3(C)C(=CC(=O)C4[C@@]5(C)CCC(O[C@@H]6O[C@H](COC(C)=O)[C@@H](OC(C)=O)[C@H](OC(C)=O)[C@H]6O)C(C)(C)C5CC[C@]43C)C2C1. The summed E-state index contributed by atoms with van der Waals surface area (Å²) in [6.07, 6.45) is 2.62. The molecule has 4 saturated carbocycles. The highest BCUT2D eigenvalue weighted by atomic mass is 16.7. The molecule has 1 aliphatic heterocycles. The zero-order valence-electron chi connectivity index (χ0n) is 34.8. The van der Waals surface area contributed by atoms with Gasteiger partial charge < -0.3 is 33.5 Å². The van der Waals surface area contributed by atoms with Crippen molar-refractivity contribution in [3.8, 4) is 0 Å². The van der Waals surface area contributed by atoms with Crippen LogP contribution in [0.15, 0.2) is 11.6 Å². The van der Waals surface area contributed by atoms with E-state index in [1.54, 1.807) is 0 Å². The van der Waals surface area contributed by atoms with Crippen LogP contribution < -0.4 is 0 Å². The van der Waals surface area contributed by atoms with Gasteiger partial charge in [0.05, 0.1) is 18.6 Å². The fourth-order valence-electron chi connectivity index (χ4n) is 13.0. The number of aliphatic hydroxyl groups excluding tert-OH is 1. The Balaban J connectivity index is 1.29. The van der Waals surface area contributed by atoms with Gasteiger partial charge in [0, 0.05) is 26.7 Å². The zero-order valence-corrected chi connectivity index (χ0v) is 34.8. The summed E-state index contributed by atoms with van der Waals surface area (Å²) in [5.41, 5.74) is -0.655. The van der Waals surface area contributed by atoms with Crippen LogP contribution in [0.2, 0.25) is 0 Å². The summed E-state index contributed by atoms with van der Waals surface area (Å²) in [5, 5.41) is 11.6. The van der Waals surface area contributed by atoms with Crippen molar-refractivity contribution in [3.05, 3.63) is 11.6 Å². The quantitative estimate of drug-likeness (QED) is 0.182. The van der Waals surface area contributed by atoms with E-state index in [1.807, 2.05) is 13.0 Å². The fraction of sp³-hybridized carbons (Fsp3) is 0.837. The van der Waals surface area contributed by atoms with E-state index in [4.69, 9.17) is 28.4 Å². The van der Waals surface area contributed by atoms with Gasteiger partial charge in [-0.1, -0.05) is 47.1 Å². The number of esters is 4. The molecule has 0 aromatic carbocycles. The van der Waals surface area contributed by atoms with E-state index in [9.17, 15) is 29.1 Å². The second kappa shape index (κ2) is 14.2. The number of hydrogen-bond acceptors (Lipinski definition) is 12. The normalized spacial score (nSPS) is 46.0. The van der Waals surface area contributed by atoms with Gasteiger partial charge in [-0.2, -0.15) is 0 Å². The fourth-order valence-corrected chi connectivity index (χ4v) is 13.0. The first-order valence-electron chi connectivity index (χ1n) is 20.3. The number of allylic oxidation sites excluding steroid dienone is 2. The number of ether oxygens (including phenoxy) is 6. The molecule has 6 aliphatic rings. The van der Waals surface area contributed by atoms with Gasteiger partial charge in [-0.3, -0.25) is 24.0 Å². The monoisotopic (exact) mass is 772 g/mol. The van der Waals surface area contributed by atoms with Gasteiger partial charge in [-0.15, -0.1) is 0 Å². The highest BCUT2D eigenvalue weighted by Gasteiger charge is 2.70. The summed E-state index contributed by atoms with van der Waals surface area (Å²) in [4.78, 5) is 64.0. The van der Waals surface area contributed by atoms with Gasteiger partial charge >= 0.3 is 23.9 Å². The zero-order chi connectivity index (χ0) is 40.7. The van der Waals surface area contributed by atoms with Gasteiger partial charge in [-0.25, -0.2) is 0 Å². The topological polar surface area (TPSA) is 161 Å². The number of fused-ring (bicyclic) bond motifs is 7. The highest BCUT2D eigenvalue weighted by molar-refractivity contribution is 5.95. The van der Waals surface area contributed by atoms with Gasteiger partial charge in [0.25, 0.3) is 0 Å². The molecule has 0 bridgehead atoms. The van der Waals surface area contributed by atoms with Crippen molar-refractivity contribution in [2.24, 2.45) is 50.2 Å². The predicted octanol–water partition coefficient (Wildman–Crippen LogP) is 6.04. The minimum absolute atomic E-state index is 0.0243. The Morgan fingerprint density at radius 1 is 0.836 bits per heavy atom. The molecule has 1 heterocycles. The first-order valence-corrected chi connectivity index (χ1v) is 20.3. The summed E-state index contributed by atoms with van der Waals surface area (Å²) in [6.45, 7) is 19.1. The number of aliphatic hydroxyl groups is 1. The van der Waals surface area contributed by atoms with E-state index < -0.39 is 65.5 Å². The van der Waals surface area contributed by atoms with Gasteiger partial charge in [0.15, 0.2) is 24.3 Å². The maximum Gasteiger partial charge on any atom is 0.311 e. The molecule has 0 spiro atoms. The Morgan fingerprint density at radius 2 is 1.47 bits per heavy atom. The molecule has 0 aromatic heterocycles. The van der Waals surface area contributed by atoms with E-state index >= 15 is 0 Å². The Bertz CT molecular complexity index is 1620. The Hall–Kier alpha value is -2.83. The first-order chi connectivity index (χ1) is 25.5. The summed E-state index contributed by atoms with van der Waals surface area (Å²) >= 11 is 0. The van der Waals surface area contributed by atoms with E-state index in [-0.39, 0.29) is 57.8 Å². The lowest BCUT2D eigenvalue weighted by Gasteiger charge is -2.70. The Morgan fingerprint density at radius 3 is 2.09 bits per heavy atom. The second-order valence-electron chi connectivity index (χ2n) is 19.7. The van der Waals surface area contributed by atoms with E-state index in [2.05, 4.69) is 41.5 Å². The molecule has 0 aromatic rings. The van der Waals surface area contributed by atoms with Crippen LogP contribution >= 0.6 is 0 Å². The van der Waals surface area contributed by atoms with Crippen LogP contribution in [0.3, 0.4) is 0 Å². The van der Waals surface area contributed by atoms with Crippen molar-refractivity contribution in [2.75, 3.05) is 13.7 Å². The molecule has 12 nitrogen and oxygen atoms in total. The molecular formula is C43H64O12. The minimum Gasteiger partial charge on any atom is -0.469 e. The predicted molar refractivity (Wildman–Crippen MR) is 199 cm³/mol. The smallest absolute Gasteiger partial charge is 0.311 e. The number of hydrogen-bond donors (Lipinski definition) is 1. The third-order valence-electron chi connectivity index (χ3n) is 16.2. The number of carbonyl (C=O) groups excluding carboxylic acids is 5. The third kappa shape index (κ3) is 6.67. The molecule has 1 saturated heterocycles. The Kier molecular flexibility index (Phi) is 10.8. The molecule has 6 rings (SSSR count). The molecule has 0 amide bonds. The van der Waals surface area contributed by atoms with Crippen LogP contribution in [-0.2, 0) is 52.4 Å². The average molecular weight is 773 g/mol. The molecular weight excluding hydrogens is 708 g/mol. The van der Waals surface area contributed by atoms with Crippen molar-refractivity contribution in [1.29, 1.82) is 0 Å². The van der Waals surface area contributed by atoms with E-state index in [1.165, 1.54) is 33.5 Å². The third-order valence-corrected chi connectivity index (χ3v) is 16.2. The average Bonchev–Trinajstić information content (AvgIpc) is 3.08. The number of ketones is 1. The molecule has 55 heavy (non-hydrogen) atoms. The maximum absolute atomic E-state index is 14.9. The molecule has 5 aliphatic carbocycles. The maximum atomic E-state index is 14.9. The van der Waals surface area contributed by atoms with Crippen molar-refractivity contribution >= 4 is 29.7 Å². The molecule has 12 heteroatoms. The summed E-state index contributed by atoms with van der Waals surface area (Å²) in [7, 11) is 1.47. The van der Waals surface area contributed by atoms with E-state index in [0.717, 1.165) is 38.5 Å². The van der Waals surface area contributed by atoms with Gasteiger partial charge in [-0.05, 0) is 110 Å². The van der Waals surface area contributed by atoms with Crippen LogP contribution in [0.4, 0.5) is 0 Å². The second-order valence-corrected chi connectivity index (χ2v) is 19.7. The summed E-state index contributed by atoms with van der Waals surface area (Å²) in [5.74, 6) is -1.94. The molecule has 308 valence electrons. The molecule has 1 N–H and O–H groups in total. The standard InChI is InChI=1S/C43H64O12/c1-23(44)51-22-29-33(52-24(2)45)34(53-25(3)46)32(48)36(54-29)55-31-13-14-41(8)30(38(31,4)5)12-15-43(10)35(41)28(47)20-26-27-21-40(7,37(49)50-11)17-16-39(27,6)18-19-42(26,43)9/h20,27,29-36,48H,12-19,21-22H2,1-11H3/t27?,29-,30?,31?,32-,33-,34-,35?,36+,39-,40+,41+,42-,43-/m1/s1. The van der Waals surface area contributed by atoms with Crippen LogP contribution in [0, 0.1) is 50.2 Å². The summed E-state index contributed by atoms with van der Waals surface area (Å²) < 4.78 is 34.4. The number of rotatable bonds is 7. The van der Waals surface area contributed by atoms with Crippen molar-refractivity contribution in [1.82, 2.24) is 0 Å². The number of carbonyl (C=O) groups is 5. The van der Waals surface area contributed by atoms with Crippen LogP contribution in [-0.4, -0.2) is 85.3 Å². The lowest BCUT2D eigenvalue weighted by molar-refractivity contribution is -0.331. The largest absolute Gasteiger partial charge is 0.469 e. The van der Waals surface area contributed by atoms with E-state index in [0.29, 0.717) is 19.3 Å². The lowest BCUT2D eigenvalue weighted by Crippen LogP contribution is -2.67. The minimum atomic E-state index is -1.51.